The van der Waals surface area contributed by atoms with E-state index in [9.17, 15) is 4.79 Å². The lowest BCUT2D eigenvalue weighted by atomic mass is 9.86. The van der Waals surface area contributed by atoms with Crippen molar-refractivity contribution in [1.29, 1.82) is 0 Å². The summed E-state index contributed by atoms with van der Waals surface area (Å²) in [6, 6.07) is 3.11. The Balaban J connectivity index is 2.84. The van der Waals surface area contributed by atoms with Crippen molar-refractivity contribution in [3.63, 3.8) is 0 Å². The number of nitrogens with two attached hydrogens (primary N) is 1. The molecule has 1 aromatic heterocycles. The van der Waals surface area contributed by atoms with Crippen LogP contribution in [0, 0.1) is 5.41 Å². The number of amides is 1. The lowest BCUT2D eigenvalue weighted by Gasteiger charge is -2.29. The smallest absolute Gasteiger partial charge is 0.244 e. The molecule has 1 unspecified atom stereocenters. The van der Waals surface area contributed by atoms with Crippen molar-refractivity contribution in [2.24, 2.45) is 11.1 Å². The summed E-state index contributed by atoms with van der Waals surface area (Å²) in [5, 5.41) is 0. The third-order valence-corrected chi connectivity index (χ3v) is 2.56. The predicted octanol–water partition coefficient (Wildman–Crippen LogP) is 1.42. The number of aromatic nitrogens is 1. The van der Waals surface area contributed by atoms with Gasteiger partial charge in [-0.25, -0.2) is 0 Å². The first-order chi connectivity index (χ1) is 7.34. The summed E-state index contributed by atoms with van der Waals surface area (Å²) in [5.41, 5.74) is 6.44. The fourth-order valence-electron chi connectivity index (χ4n) is 1.26. The molecule has 0 aliphatic carbocycles. The molecule has 0 fully saturated rings. The van der Waals surface area contributed by atoms with E-state index in [-0.39, 0.29) is 11.3 Å². The molecule has 1 heterocycles. The van der Waals surface area contributed by atoms with Crippen LogP contribution in [0.4, 0.5) is 5.69 Å². The van der Waals surface area contributed by atoms with Crippen molar-refractivity contribution in [2.45, 2.75) is 26.8 Å². The highest BCUT2D eigenvalue weighted by Gasteiger charge is 2.30. The van der Waals surface area contributed by atoms with Crippen LogP contribution in [0.3, 0.4) is 0 Å². The molecule has 0 aromatic carbocycles. The molecule has 16 heavy (non-hydrogen) atoms. The summed E-state index contributed by atoms with van der Waals surface area (Å²) in [7, 11) is 1.71. The molecule has 0 bridgehead atoms. The van der Waals surface area contributed by atoms with E-state index in [1.54, 1.807) is 30.4 Å². The van der Waals surface area contributed by atoms with Gasteiger partial charge in [-0.1, -0.05) is 20.8 Å². The molecule has 0 radical (unpaired) electrons. The monoisotopic (exact) mass is 221 g/mol. The maximum Gasteiger partial charge on any atom is 0.244 e. The fourth-order valence-corrected chi connectivity index (χ4v) is 1.26. The summed E-state index contributed by atoms with van der Waals surface area (Å²) in [5.74, 6) is -0.0968. The summed E-state index contributed by atoms with van der Waals surface area (Å²) in [6.07, 6.45) is 3.32. The lowest BCUT2D eigenvalue weighted by Crippen LogP contribution is -2.49. The molecule has 0 aliphatic rings. The molecule has 1 atom stereocenters. The first-order valence-electron chi connectivity index (χ1n) is 5.27. The van der Waals surface area contributed by atoms with Gasteiger partial charge in [0, 0.05) is 13.2 Å². The van der Waals surface area contributed by atoms with Gasteiger partial charge in [-0.15, -0.1) is 0 Å². The van der Waals surface area contributed by atoms with Gasteiger partial charge >= 0.3 is 0 Å². The van der Waals surface area contributed by atoms with Gasteiger partial charge in [0.2, 0.25) is 5.91 Å². The second kappa shape index (κ2) is 4.61. The topological polar surface area (TPSA) is 59.2 Å². The van der Waals surface area contributed by atoms with Gasteiger partial charge in [-0.2, -0.15) is 0 Å². The quantitative estimate of drug-likeness (QED) is 0.821. The van der Waals surface area contributed by atoms with Gasteiger partial charge in [-0.05, 0) is 17.5 Å². The van der Waals surface area contributed by atoms with Gasteiger partial charge in [0.25, 0.3) is 0 Å². The van der Waals surface area contributed by atoms with Crippen LogP contribution in [0.15, 0.2) is 24.5 Å². The number of carbonyl (C=O) groups excluding carboxylic acids is 1. The maximum atomic E-state index is 12.1. The first-order valence-corrected chi connectivity index (χ1v) is 5.27. The summed E-state index contributed by atoms with van der Waals surface area (Å²) in [4.78, 5) is 17.6. The summed E-state index contributed by atoms with van der Waals surface area (Å²) >= 11 is 0. The molecule has 2 N–H and O–H groups in total. The van der Waals surface area contributed by atoms with E-state index < -0.39 is 6.04 Å². The molecule has 0 saturated heterocycles. The number of likely N-dealkylation sites (N-methyl/N-ethyl adjacent to an activating group) is 1. The van der Waals surface area contributed by atoms with E-state index in [1.807, 2.05) is 26.8 Å². The normalized spacial score (nSPS) is 13.3. The van der Waals surface area contributed by atoms with E-state index in [1.165, 1.54) is 0 Å². The Morgan fingerprint density at radius 2 is 2.12 bits per heavy atom. The summed E-state index contributed by atoms with van der Waals surface area (Å²) in [6.45, 7) is 5.85. The highest BCUT2D eigenvalue weighted by molar-refractivity contribution is 5.96. The van der Waals surface area contributed by atoms with Crippen LogP contribution in [0.2, 0.25) is 0 Å². The number of pyridine rings is 1. The Morgan fingerprint density at radius 3 is 2.56 bits per heavy atom. The second-order valence-corrected chi connectivity index (χ2v) is 4.95. The molecule has 4 nitrogen and oxygen atoms in total. The zero-order chi connectivity index (χ0) is 12.3. The highest BCUT2D eigenvalue weighted by Crippen LogP contribution is 2.20. The molecule has 0 aliphatic heterocycles. The number of carbonyl (C=O) groups is 1. The second-order valence-electron chi connectivity index (χ2n) is 4.95. The van der Waals surface area contributed by atoms with Crippen molar-refractivity contribution < 1.29 is 4.79 Å². The molecular weight excluding hydrogens is 202 g/mol. The number of nitrogens with zero attached hydrogens (tertiary/aromatic N) is 2. The minimum atomic E-state index is -0.516. The average Bonchev–Trinajstić information content (AvgIpc) is 2.26. The van der Waals surface area contributed by atoms with Crippen molar-refractivity contribution in [3.8, 4) is 0 Å². The van der Waals surface area contributed by atoms with Gasteiger partial charge in [0.05, 0.1) is 17.9 Å². The van der Waals surface area contributed by atoms with Crippen LogP contribution in [0.5, 0.6) is 0 Å². The maximum absolute atomic E-state index is 12.1. The Kier molecular flexibility index (Phi) is 3.65. The number of hydrogen-bond acceptors (Lipinski definition) is 3. The molecule has 0 saturated carbocycles. The predicted molar refractivity (Wildman–Crippen MR) is 65.1 cm³/mol. The molecular formula is C12H19N3O. The molecule has 4 heteroatoms. The van der Waals surface area contributed by atoms with Gasteiger partial charge in [-0.3, -0.25) is 9.78 Å². The van der Waals surface area contributed by atoms with Crippen LogP contribution < -0.4 is 10.6 Å². The van der Waals surface area contributed by atoms with E-state index in [2.05, 4.69) is 4.98 Å². The highest BCUT2D eigenvalue weighted by atomic mass is 16.2. The van der Waals surface area contributed by atoms with Gasteiger partial charge < -0.3 is 10.6 Å². The fraction of sp³-hybridized carbons (Fsp3) is 0.500. The first kappa shape index (κ1) is 12.6. The van der Waals surface area contributed by atoms with Crippen LogP contribution in [-0.4, -0.2) is 24.0 Å². The number of rotatable bonds is 2. The third-order valence-electron chi connectivity index (χ3n) is 2.56. The molecule has 1 aromatic rings. The molecule has 0 spiro atoms. The van der Waals surface area contributed by atoms with Gasteiger partial charge in [0.15, 0.2) is 0 Å². The Bertz CT molecular complexity index is 356. The minimum absolute atomic E-state index is 0.0968. The zero-order valence-corrected chi connectivity index (χ0v) is 10.3. The van der Waals surface area contributed by atoms with Crippen molar-refractivity contribution in [3.05, 3.63) is 24.5 Å². The SMILES string of the molecule is CN(C(=O)C(N)C(C)(C)C)c1cccnc1. The lowest BCUT2D eigenvalue weighted by molar-refractivity contribution is -0.121. The van der Waals surface area contributed by atoms with Crippen LogP contribution in [0.1, 0.15) is 20.8 Å². The minimum Gasteiger partial charge on any atom is -0.319 e. The third kappa shape index (κ3) is 2.79. The zero-order valence-electron chi connectivity index (χ0n) is 10.3. The molecule has 88 valence electrons. The van der Waals surface area contributed by atoms with E-state index in [0.29, 0.717) is 0 Å². The number of anilines is 1. The molecule has 1 amide bonds. The Labute approximate surface area is 96.5 Å². The Hall–Kier alpha value is -1.42. The van der Waals surface area contributed by atoms with E-state index >= 15 is 0 Å². The van der Waals surface area contributed by atoms with Crippen molar-refractivity contribution in [1.82, 2.24) is 4.98 Å². The molecule has 1 rings (SSSR count). The summed E-state index contributed by atoms with van der Waals surface area (Å²) < 4.78 is 0. The van der Waals surface area contributed by atoms with Crippen molar-refractivity contribution >= 4 is 11.6 Å². The van der Waals surface area contributed by atoms with Crippen molar-refractivity contribution in [2.75, 3.05) is 11.9 Å². The largest absolute Gasteiger partial charge is 0.319 e. The van der Waals surface area contributed by atoms with E-state index in [4.69, 9.17) is 5.73 Å². The van der Waals surface area contributed by atoms with Crippen LogP contribution in [0.25, 0.3) is 0 Å². The number of hydrogen-bond donors (Lipinski definition) is 1. The standard InChI is InChI=1S/C12H19N3O/c1-12(2,3)10(13)11(16)15(4)9-6-5-7-14-8-9/h5-8,10H,13H2,1-4H3. The van der Waals surface area contributed by atoms with E-state index in [0.717, 1.165) is 5.69 Å². The van der Waals surface area contributed by atoms with Crippen LogP contribution >= 0.6 is 0 Å². The average molecular weight is 221 g/mol. The van der Waals surface area contributed by atoms with Crippen LogP contribution in [-0.2, 0) is 4.79 Å². The Morgan fingerprint density at radius 1 is 1.50 bits per heavy atom. The van der Waals surface area contributed by atoms with Gasteiger partial charge in [0.1, 0.15) is 0 Å².